The van der Waals surface area contributed by atoms with Gasteiger partial charge in [-0.05, 0) is 66.8 Å². The minimum Gasteiger partial charge on any atom is -0.393 e. The van der Waals surface area contributed by atoms with E-state index in [-0.39, 0.29) is 23.4 Å². The molecule has 2 heterocycles. The molecule has 6 nitrogen and oxygen atoms in total. The number of nitrogens with one attached hydrogen (secondary N) is 1. The van der Waals surface area contributed by atoms with Gasteiger partial charge in [-0.1, -0.05) is 19.9 Å². The maximum absolute atomic E-state index is 13.0. The third-order valence-electron chi connectivity index (χ3n) is 6.30. The number of aryl methyl sites for hydroxylation is 1. The summed E-state index contributed by atoms with van der Waals surface area (Å²) in [7, 11) is 0. The zero-order chi connectivity index (χ0) is 24.7. The molecule has 0 aliphatic heterocycles. The van der Waals surface area contributed by atoms with Gasteiger partial charge >= 0.3 is 6.18 Å². The van der Waals surface area contributed by atoms with Crippen molar-refractivity contribution in [2.24, 2.45) is 11.3 Å². The number of nitrogens with zero attached hydrogens (tertiary/aromatic N) is 3. The van der Waals surface area contributed by atoms with Crippen LogP contribution in [0.15, 0.2) is 36.7 Å². The van der Waals surface area contributed by atoms with Crippen molar-refractivity contribution in [2.75, 3.05) is 5.32 Å². The Morgan fingerprint density at radius 1 is 1.18 bits per heavy atom. The molecule has 34 heavy (non-hydrogen) atoms. The van der Waals surface area contributed by atoms with Crippen molar-refractivity contribution in [2.45, 2.75) is 58.4 Å². The number of aliphatic hydroxyl groups is 2. The molecule has 0 amide bonds. The molecule has 3 unspecified atom stereocenters. The molecule has 182 valence electrons. The van der Waals surface area contributed by atoms with E-state index >= 15 is 0 Å². The summed E-state index contributed by atoms with van der Waals surface area (Å²) >= 11 is 1.39. The van der Waals surface area contributed by atoms with E-state index in [1.165, 1.54) is 11.3 Å². The first-order valence-corrected chi connectivity index (χ1v) is 11.9. The first-order valence-electron chi connectivity index (χ1n) is 11.0. The summed E-state index contributed by atoms with van der Waals surface area (Å²) in [5.74, 6) is -0.156. The molecule has 0 spiro atoms. The second kappa shape index (κ2) is 9.24. The van der Waals surface area contributed by atoms with Crippen LogP contribution < -0.4 is 5.32 Å². The van der Waals surface area contributed by atoms with Gasteiger partial charge in [0.15, 0.2) is 0 Å². The van der Waals surface area contributed by atoms with E-state index in [4.69, 9.17) is 0 Å². The fourth-order valence-electron chi connectivity index (χ4n) is 4.64. The summed E-state index contributed by atoms with van der Waals surface area (Å²) in [4.78, 5) is 12.8. The van der Waals surface area contributed by atoms with Crippen molar-refractivity contribution in [1.82, 2.24) is 15.0 Å². The lowest BCUT2D eigenvalue weighted by Gasteiger charge is -2.42. The molecule has 1 fully saturated rings. The van der Waals surface area contributed by atoms with Crippen LogP contribution in [-0.4, -0.2) is 31.3 Å². The Morgan fingerprint density at radius 2 is 1.94 bits per heavy atom. The normalized spacial score (nSPS) is 21.3. The average Bonchev–Trinajstić information content (AvgIpc) is 3.22. The van der Waals surface area contributed by atoms with Crippen LogP contribution in [0.3, 0.4) is 0 Å². The molecule has 2 aromatic heterocycles. The summed E-state index contributed by atoms with van der Waals surface area (Å²) in [5.41, 5.74) is 1.03. The fourth-order valence-corrected chi connectivity index (χ4v) is 5.60. The minimum absolute atomic E-state index is 0.0114. The molecule has 4 rings (SSSR count). The maximum Gasteiger partial charge on any atom is 0.433 e. The number of anilines is 2. The predicted octanol–water partition coefficient (Wildman–Crippen LogP) is 5.89. The summed E-state index contributed by atoms with van der Waals surface area (Å²) in [5, 5.41) is 24.5. The minimum atomic E-state index is -4.55. The number of aromatic nitrogens is 3. The van der Waals surface area contributed by atoms with Crippen LogP contribution in [-0.2, 0) is 6.18 Å². The molecule has 3 N–H and O–H groups in total. The number of thiazole rings is 1. The van der Waals surface area contributed by atoms with Crippen LogP contribution in [0.5, 0.6) is 0 Å². The summed E-state index contributed by atoms with van der Waals surface area (Å²) in [6, 6.07) is 6.36. The van der Waals surface area contributed by atoms with Crippen LogP contribution in [0.2, 0.25) is 0 Å². The first kappa shape index (κ1) is 24.6. The lowest BCUT2D eigenvalue weighted by molar-refractivity contribution is -0.141. The molecule has 0 bridgehead atoms. The fraction of sp³-hybridized carbons (Fsp3) is 0.458. The molecule has 1 saturated carbocycles. The molecule has 3 atom stereocenters. The van der Waals surface area contributed by atoms with Gasteiger partial charge in [0, 0.05) is 18.1 Å². The van der Waals surface area contributed by atoms with E-state index in [0.717, 1.165) is 34.7 Å². The highest BCUT2D eigenvalue weighted by molar-refractivity contribution is 7.15. The van der Waals surface area contributed by atoms with Crippen molar-refractivity contribution in [3.63, 3.8) is 0 Å². The van der Waals surface area contributed by atoms with Crippen LogP contribution in [0.1, 0.15) is 55.5 Å². The highest BCUT2D eigenvalue weighted by Crippen LogP contribution is 2.48. The van der Waals surface area contributed by atoms with Gasteiger partial charge in [0.2, 0.25) is 5.95 Å². The molecule has 0 saturated heterocycles. The van der Waals surface area contributed by atoms with Gasteiger partial charge in [-0.25, -0.2) is 15.0 Å². The number of benzene rings is 1. The Labute approximate surface area is 199 Å². The number of halogens is 3. The molecular weight excluding hydrogens is 465 g/mol. The smallest absolute Gasteiger partial charge is 0.393 e. The number of alkyl halides is 3. The zero-order valence-electron chi connectivity index (χ0n) is 19.1. The number of aliphatic hydroxyl groups excluding tert-OH is 2. The third-order valence-corrected chi connectivity index (χ3v) is 7.42. The van der Waals surface area contributed by atoms with Gasteiger partial charge in [0.1, 0.15) is 16.8 Å². The van der Waals surface area contributed by atoms with E-state index in [9.17, 15) is 23.4 Å². The lowest BCUT2D eigenvalue weighted by atomic mass is 9.66. The highest BCUT2D eigenvalue weighted by atomic mass is 32.1. The number of hydrogen-bond donors (Lipinski definition) is 3. The van der Waals surface area contributed by atoms with Gasteiger partial charge in [-0.15, -0.1) is 11.3 Å². The molecule has 3 aromatic rings. The molecular formula is C24H27F3N4O2S. The number of rotatable bonds is 5. The van der Waals surface area contributed by atoms with E-state index in [1.54, 1.807) is 18.3 Å². The van der Waals surface area contributed by atoms with Crippen LogP contribution in [0.4, 0.5) is 24.8 Å². The van der Waals surface area contributed by atoms with Gasteiger partial charge in [-0.3, -0.25) is 0 Å². The standard InChI is InChI=1S/C24H27F3N4O2S/c1-13-8-14(10-15(9-13)30-22-28-7-6-19(31-22)24(25,26)27)18-12-29-21(34-18)20(33)17-5-4-16(32)11-23(17,2)3/h6-10,12,16-17,20,32-33H,4-5,11H2,1-3H3,(H,28,30,31). The predicted molar refractivity (Wildman–Crippen MR) is 125 cm³/mol. The summed E-state index contributed by atoms with van der Waals surface area (Å²) in [6.45, 7) is 6.01. The highest BCUT2D eigenvalue weighted by Gasteiger charge is 2.41. The van der Waals surface area contributed by atoms with Crippen molar-refractivity contribution in [1.29, 1.82) is 0 Å². The second-order valence-electron chi connectivity index (χ2n) is 9.51. The Bertz CT molecular complexity index is 1170. The molecule has 1 aliphatic rings. The SMILES string of the molecule is Cc1cc(Nc2nccc(C(F)(F)F)n2)cc(-c2cnc(C(O)C3CCC(O)CC3(C)C)s2)c1. The lowest BCUT2D eigenvalue weighted by Crippen LogP contribution is -2.37. The van der Waals surface area contributed by atoms with Crippen LogP contribution in [0.25, 0.3) is 10.4 Å². The van der Waals surface area contributed by atoms with Gasteiger partial charge in [-0.2, -0.15) is 13.2 Å². The summed E-state index contributed by atoms with van der Waals surface area (Å²) in [6.07, 6.45) is -0.843. The van der Waals surface area contributed by atoms with E-state index < -0.39 is 18.0 Å². The first-order chi connectivity index (χ1) is 15.9. The van der Waals surface area contributed by atoms with Crippen molar-refractivity contribution in [3.05, 3.63) is 52.9 Å². The topological polar surface area (TPSA) is 91.2 Å². The van der Waals surface area contributed by atoms with Crippen molar-refractivity contribution < 1.29 is 23.4 Å². The number of hydrogen-bond acceptors (Lipinski definition) is 7. The zero-order valence-corrected chi connectivity index (χ0v) is 19.9. The molecule has 1 aliphatic carbocycles. The van der Waals surface area contributed by atoms with Crippen molar-refractivity contribution in [3.8, 4) is 10.4 Å². The quantitative estimate of drug-likeness (QED) is 0.411. The third kappa shape index (κ3) is 5.39. The Kier molecular flexibility index (Phi) is 6.67. The average molecular weight is 493 g/mol. The van der Waals surface area contributed by atoms with Gasteiger partial charge in [0.05, 0.1) is 11.0 Å². The molecule has 1 aromatic carbocycles. The van der Waals surface area contributed by atoms with E-state index in [0.29, 0.717) is 23.5 Å². The monoisotopic (exact) mass is 492 g/mol. The van der Waals surface area contributed by atoms with Gasteiger partial charge in [0.25, 0.3) is 0 Å². The Morgan fingerprint density at radius 3 is 2.65 bits per heavy atom. The van der Waals surface area contributed by atoms with Gasteiger partial charge < -0.3 is 15.5 Å². The maximum atomic E-state index is 13.0. The molecule has 10 heteroatoms. The second-order valence-corrected chi connectivity index (χ2v) is 10.6. The Balaban J connectivity index is 1.56. The summed E-state index contributed by atoms with van der Waals surface area (Å²) < 4.78 is 38.9. The van der Waals surface area contributed by atoms with E-state index in [2.05, 4.69) is 34.1 Å². The van der Waals surface area contributed by atoms with Crippen LogP contribution in [0, 0.1) is 18.3 Å². The largest absolute Gasteiger partial charge is 0.433 e. The van der Waals surface area contributed by atoms with E-state index in [1.807, 2.05) is 13.0 Å². The van der Waals surface area contributed by atoms with Crippen molar-refractivity contribution >= 4 is 23.0 Å². The van der Waals surface area contributed by atoms with Crippen LogP contribution >= 0.6 is 11.3 Å². The molecule has 0 radical (unpaired) electrons. The Hall–Kier alpha value is -2.56.